The van der Waals surface area contributed by atoms with Crippen molar-refractivity contribution < 1.29 is 9.59 Å². The van der Waals surface area contributed by atoms with E-state index in [1.807, 2.05) is 67.6 Å². The summed E-state index contributed by atoms with van der Waals surface area (Å²) in [5.74, 6) is -0.626. The Balaban J connectivity index is 1.49. The third-order valence-corrected chi connectivity index (χ3v) is 8.46. The molecule has 1 aliphatic heterocycles. The molecular formula is C36H48N6O2. The van der Waals surface area contributed by atoms with E-state index in [1.54, 1.807) is 6.21 Å². The Hall–Kier alpha value is -4.01. The van der Waals surface area contributed by atoms with Gasteiger partial charge in [0.1, 0.15) is 0 Å². The maximum absolute atomic E-state index is 13.5. The molecule has 44 heavy (non-hydrogen) atoms. The molecule has 1 fully saturated rings. The van der Waals surface area contributed by atoms with Crippen molar-refractivity contribution in [2.75, 3.05) is 56.5 Å². The zero-order valence-corrected chi connectivity index (χ0v) is 27.0. The first-order chi connectivity index (χ1) is 21.3. The number of hydrogen-bond acceptors (Lipinski definition) is 6. The first-order valence-electron chi connectivity index (χ1n) is 15.9. The van der Waals surface area contributed by atoms with Crippen LogP contribution >= 0.6 is 0 Å². The van der Waals surface area contributed by atoms with E-state index in [9.17, 15) is 9.59 Å². The summed E-state index contributed by atoms with van der Waals surface area (Å²) in [5.41, 5.74) is 9.38. The summed E-state index contributed by atoms with van der Waals surface area (Å²) >= 11 is 0. The number of amides is 2. The lowest BCUT2D eigenvalue weighted by atomic mass is 10.1. The van der Waals surface area contributed by atoms with Crippen LogP contribution < -0.4 is 15.6 Å². The molecule has 4 rings (SSSR count). The van der Waals surface area contributed by atoms with Gasteiger partial charge in [0.2, 0.25) is 0 Å². The Labute approximate surface area is 263 Å². The second kappa shape index (κ2) is 16.2. The van der Waals surface area contributed by atoms with Gasteiger partial charge in [-0.1, -0.05) is 44.2 Å². The molecule has 234 valence electrons. The molecule has 0 aliphatic carbocycles. The monoisotopic (exact) mass is 596 g/mol. The van der Waals surface area contributed by atoms with Gasteiger partial charge >= 0.3 is 0 Å². The topological polar surface area (TPSA) is 80.3 Å². The molecule has 3 aromatic rings. The first kappa shape index (κ1) is 32.9. The molecule has 0 saturated carbocycles. The zero-order valence-electron chi connectivity index (χ0n) is 27.0. The van der Waals surface area contributed by atoms with Crippen LogP contribution in [0, 0.1) is 13.8 Å². The summed E-state index contributed by atoms with van der Waals surface area (Å²) in [6.45, 7) is 15.2. The van der Waals surface area contributed by atoms with Crippen molar-refractivity contribution in [1.82, 2.24) is 15.2 Å². The van der Waals surface area contributed by atoms with Gasteiger partial charge in [-0.2, -0.15) is 5.10 Å². The lowest BCUT2D eigenvalue weighted by Crippen LogP contribution is -2.32. The Kier molecular flexibility index (Phi) is 12.1. The van der Waals surface area contributed by atoms with E-state index < -0.39 is 0 Å². The van der Waals surface area contributed by atoms with Crippen LogP contribution in [0.1, 0.15) is 76.1 Å². The highest BCUT2D eigenvalue weighted by Gasteiger charge is 2.19. The average molecular weight is 597 g/mol. The highest BCUT2D eigenvalue weighted by molar-refractivity contribution is 6.09. The highest BCUT2D eigenvalue weighted by Crippen LogP contribution is 2.26. The molecule has 2 amide bonds. The quantitative estimate of drug-likeness (QED) is 0.185. The number of benzene rings is 3. The Bertz CT molecular complexity index is 1440. The number of nitrogens with one attached hydrogen (secondary N) is 2. The van der Waals surface area contributed by atoms with Crippen LogP contribution in [-0.4, -0.2) is 74.1 Å². The standard InChI is InChI=1S/C36H48N6O2/c1-6-41(7-2)21-20-40(5)26-30-12-11-13-31(23-30)35(43)38-34-17-16-32(42-18-9-8-10-19-42)24-33(34)36(44)39-37-25-29-15-14-27(3)28(4)22-29/h11-17,22-25H,6-10,18-21,26H2,1-5H3,(H,38,43)(H,39,44). The largest absolute Gasteiger partial charge is 0.372 e. The molecule has 0 radical (unpaired) electrons. The number of piperidine rings is 1. The maximum atomic E-state index is 13.5. The number of rotatable bonds is 13. The van der Waals surface area contributed by atoms with Crippen LogP contribution in [0.25, 0.3) is 0 Å². The van der Waals surface area contributed by atoms with Crippen molar-refractivity contribution in [2.45, 2.75) is 53.5 Å². The Morgan fingerprint density at radius 3 is 2.39 bits per heavy atom. The van der Waals surface area contributed by atoms with E-state index >= 15 is 0 Å². The predicted octanol–water partition coefficient (Wildman–Crippen LogP) is 6.08. The summed E-state index contributed by atoms with van der Waals surface area (Å²) in [5, 5.41) is 7.23. The van der Waals surface area contributed by atoms with Gasteiger partial charge in [-0.05, 0) is 106 Å². The normalized spacial score (nSPS) is 13.6. The minimum atomic E-state index is -0.372. The maximum Gasteiger partial charge on any atom is 0.273 e. The molecule has 0 unspecified atom stereocenters. The molecule has 8 nitrogen and oxygen atoms in total. The zero-order chi connectivity index (χ0) is 31.5. The van der Waals surface area contributed by atoms with E-state index in [0.29, 0.717) is 16.8 Å². The van der Waals surface area contributed by atoms with Gasteiger partial charge in [-0.3, -0.25) is 9.59 Å². The smallest absolute Gasteiger partial charge is 0.273 e. The number of anilines is 2. The Morgan fingerprint density at radius 2 is 1.66 bits per heavy atom. The molecule has 1 aliphatic rings. The number of hydrogen-bond donors (Lipinski definition) is 2. The van der Waals surface area contributed by atoms with Gasteiger partial charge in [0, 0.05) is 44.0 Å². The number of aryl methyl sites for hydroxylation is 2. The van der Waals surface area contributed by atoms with Gasteiger partial charge in [-0.15, -0.1) is 0 Å². The van der Waals surface area contributed by atoms with Crippen molar-refractivity contribution in [3.05, 3.63) is 94.0 Å². The summed E-state index contributed by atoms with van der Waals surface area (Å²) < 4.78 is 0. The van der Waals surface area contributed by atoms with Crippen molar-refractivity contribution in [2.24, 2.45) is 5.10 Å². The minimum absolute atomic E-state index is 0.254. The minimum Gasteiger partial charge on any atom is -0.372 e. The summed E-state index contributed by atoms with van der Waals surface area (Å²) in [6.07, 6.45) is 5.11. The molecular weight excluding hydrogens is 548 g/mol. The summed E-state index contributed by atoms with van der Waals surface area (Å²) in [4.78, 5) is 33.9. The van der Waals surface area contributed by atoms with Crippen molar-refractivity contribution in [1.29, 1.82) is 0 Å². The van der Waals surface area contributed by atoms with Crippen LogP contribution in [0.3, 0.4) is 0 Å². The fourth-order valence-electron chi connectivity index (χ4n) is 5.50. The summed E-state index contributed by atoms with van der Waals surface area (Å²) in [6, 6.07) is 19.4. The van der Waals surface area contributed by atoms with E-state index in [1.165, 1.54) is 12.0 Å². The molecule has 0 spiro atoms. The number of carbonyl (C=O) groups is 2. The average Bonchev–Trinajstić information content (AvgIpc) is 3.04. The van der Waals surface area contributed by atoms with E-state index in [2.05, 4.69) is 58.4 Å². The van der Waals surface area contributed by atoms with Crippen LogP contribution in [-0.2, 0) is 6.54 Å². The fourth-order valence-corrected chi connectivity index (χ4v) is 5.50. The predicted molar refractivity (Wildman–Crippen MR) is 182 cm³/mol. The number of nitrogens with zero attached hydrogens (tertiary/aromatic N) is 4. The molecule has 8 heteroatoms. The number of hydrazone groups is 1. The van der Waals surface area contributed by atoms with Gasteiger partial charge in [-0.25, -0.2) is 5.43 Å². The van der Waals surface area contributed by atoms with Crippen LogP contribution in [0.5, 0.6) is 0 Å². The molecule has 2 N–H and O–H groups in total. The van der Waals surface area contributed by atoms with Crippen molar-refractivity contribution >= 4 is 29.4 Å². The molecule has 0 atom stereocenters. The molecule has 1 saturated heterocycles. The van der Waals surface area contributed by atoms with E-state index in [0.717, 1.165) is 81.0 Å². The second-order valence-electron chi connectivity index (χ2n) is 11.7. The Morgan fingerprint density at radius 1 is 0.886 bits per heavy atom. The van der Waals surface area contributed by atoms with Gasteiger partial charge in [0.25, 0.3) is 11.8 Å². The van der Waals surface area contributed by atoms with E-state index in [-0.39, 0.29) is 11.8 Å². The van der Waals surface area contributed by atoms with Gasteiger partial charge in [0.05, 0.1) is 17.5 Å². The van der Waals surface area contributed by atoms with Crippen molar-refractivity contribution in [3.8, 4) is 0 Å². The third-order valence-electron chi connectivity index (χ3n) is 8.46. The lowest BCUT2D eigenvalue weighted by Gasteiger charge is -2.29. The fraction of sp³-hybridized carbons (Fsp3) is 0.417. The first-order valence-corrected chi connectivity index (χ1v) is 15.9. The SMILES string of the molecule is CCN(CC)CCN(C)Cc1cccc(C(=O)Nc2ccc(N3CCCCC3)cc2C(=O)NN=Cc2ccc(C)c(C)c2)c1. The van der Waals surface area contributed by atoms with Crippen LogP contribution in [0.4, 0.5) is 11.4 Å². The second-order valence-corrected chi connectivity index (χ2v) is 11.7. The van der Waals surface area contributed by atoms with E-state index in [4.69, 9.17) is 0 Å². The number of carbonyl (C=O) groups excluding carboxylic acids is 2. The molecule has 3 aromatic carbocycles. The van der Waals surface area contributed by atoms with Crippen LogP contribution in [0.2, 0.25) is 0 Å². The highest BCUT2D eigenvalue weighted by atomic mass is 16.2. The van der Waals surface area contributed by atoms with Gasteiger partial charge in [0.15, 0.2) is 0 Å². The number of likely N-dealkylation sites (N-methyl/N-ethyl adjacent to an activating group) is 2. The molecule has 0 aromatic heterocycles. The van der Waals surface area contributed by atoms with Gasteiger partial charge < -0.3 is 20.0 Å². The third kappa shape index (κ3) is 9.24. The van der Waals surface area contributed by atoms with Crippen LogP contribution in [0.15, 0.2) is 65.8 Å². The van der Waals surface area contributed by atoms with Crippen molar-refractivity contribution in [3.63, 3.8) is 0 Å². The summed E-state index contributed by atoms with van der Waals surface area (Å²) in [7, 11) is 2.10. The molecule has 0 bridgehead atoms. The molecule has 1 heterocycles. The lowest BCUT2D eigenvalue weighted by molar-refractivity contribution is 0.0956.